The van der Waals surface area contributed by atoms with Gasteiger partial charge in [-0.25, -0.2) is 15.0 Å². The van der Waals surface area contributed by atoms with Crippen molar-refractivity contribution in [3.8, 4) is 0 Å². The van der Waals surface area contributed by atoms with Crippen LogP contribution in [-0.4, -0.2) is 92.7 Å². The van der Waals surface area contributed by atoms with Crippen LogP contribution in [0, 0.1) is 0 Å². The lowest BCUT2D eigenvalue weighted by Gasteiger charge is -2.44. The number of nitrogens with one attached hydrogen (secondary N) is 1. The molecule has 312 valence electrons. The first-order valence-electron chi connectivity index (χ1n) is 21.2. The normalized spacial score (nSPS) is 21.6. The van der Waals surface area contributed by atoms with Crippen LogP contribution in [0.4, 0.5) is 5.82 Å². The number of nitrogens with zero attached hydrogens (tertiary/aromatic N) is 5. The van der Waals surface area contributed by atoms with Gasteiger partial charge in [-0.1, -0.05) is 121 Å². The van der Waals surface area contributed by atoms with E-state index < -0.39 is 29.0 Å². The minimum atomic E-state index is -2.33. The Labute approximate surface area is 344 Å². The number of methoxy groups -OCH3 is 1. The van der Waals surface area contributed by atoms with Gasteiger partial charge in [-0.05, 0) is 67.3 Å². The number of rotatable bonds is 15. The van der Waals surface area contributed by atoms with Crippen LogP contribution in [0.5, 0.6) is 0 Å². The van der Waals surface area contributed by atoms with Crippen LogP contribution in [0.1, 0.15) is 103 Å². The zero-order chi connectivity index (χ0) is 41.2. The van der Waals surface area contributed by atoms with Gasteiger partial charge in [-0.2, -0.15) is 0 Å². The van der Waals surface area contributed by atoms with Crippen molar-refractivity contribution in [3.63, 3.8) is 0 Å². The monoisotopic (exact) mass is 814 g/mol. The third-order valence-electron chi connectivity index (χ3n) is 13.3. The fraction of sp³-hybridized carbons (Fsp3) is 0.622. The molecule has 3 heterocycles. The van der Waals surface area contributed by atoms with Crippen molar-refractivity contribution >= 4 is 33.6 Å². The predicted octanol–water partition coefficient (Wildman–Crippen LogP) is 10.2. The second-order valence-corrected chi connectivity index (χ2v) is 29.0. The molecule has 4 aromatic rings. The summed E-state index contributed by atoms with van der Waals surface area (Å²) >= 11 is 0. The molecule has 0 unspecified atom stereocenters. The lowest BCUT2D eigenvalue weighted by molar-refractivity contribution is -0.0562. The molecule has 6 rings (SSSR count). The maximum Gasteiger partial charge on any atom is 0.192 e. The van der Waals surface area contributed by atoms with Gasteiger partial charge in [-0.3, -0.25) is 9.47 Å². The van der Waals surface area contributed by atoms with Crippen LogP contribution in [0.25, 0.3) is 11.2 Å². The highest BCUT2D eigenvalue weighted by Crippen LogP contribution is 2.46. The molecule has 57 heavy (non-hydrogen) atoms. The molecule has 2 fully saturated rings. The van der Waals surface area contributed by atoms with Gasteiger partial charge < -0.3 is 23.6 Å². The first-order chi connectivity index (χ1) is 26.9. The standard InChI is InChI=1S/C45H70N6O4Si2/c1-44(2,3)56(9,10)54-39-36(30-52-8)53-43(40(39)55-57(11,12)45(4,5)6)51-31-47-38-41(48-37(49-42(38)51)29-50(7)34-26-20-15-21-27-34)46-28-35(32-22-16-13-17-23-32)33-24-18-14-19-25-33/h13-14,16-19,22-25,31,34-36,39-40,43H,15,20-21,26-30H2,1-12H3,(H,46,48,49)/t36-,39-,40-,43-/m1/s1. The van der Waals surface area contributed by atoms with Gasteiger partial charge in [0.25, 0.3) is 0 Å². The number of ether oxygens (including phenoxy) is 2. The summed E-state index contributed by atoms with van der Waals surface area (Å²) in [5.74, 6) is 1.60. The number of hydrogen-bond acceptors (Lipinski definition) is 9. The van der Waals surface area contributed by atoms with Crippen molar-refractivity contribution in [3.05, 3.63) is 83.9 Å². The van der Waals surface area contributed by atoms with Crippen LogP contribution in [0.2, 0.25) is 36.3 Å². The molecular weight excluding hydrogens is 745 g/mol. The van der Waals surface area contributed by atoms with E-state index in [1.807, 2.05) is 6.33 Å². The zero-order valence-corrected chi connectivity index (χ0v) is 38.8. The quantitative estimate of drug-likeness (QED) is 0.118. The molecule has 1 aliphatic heterocycles. The summed E-state index contributed by atoms with van der Waals surface area (Å²) in [6, 6.07) is 21.9. The molecule has 0 radical (unpaired) electrons. The summed E-state index contributed by atoms with van der Waals surface area (Å²) in [6.45, 7) is 24.6. The average Bonchev–Trinajstić information content (AvgIpc) is 3.72. The van der Waals surface area contributed by atoms with E-state index in [4.69, 9.17) is 33.3 Å². The predicted molar refractivity (Wildman–Crippen MR) is 237 cm³/mol. The molecule has 1 saturated heterocycles. The molecule has 2 aromatic heterocycles. The van der Waals surface area contributed by atoms with E-state index in [1.165, 1.54) is 43.2 Å². The van der Waals surface area contributed by atoms with Gasteiger partial charge in [0, 0.05) is 25.6 Å². The van der Waals surface area contributed by atoms with Crippen molar-refractivity contribution in [2.75, 3.05) is 32.6 Å². The van der Waals surface area contributed by atoms with Crippen LogP contribution in [-0.2, 0) is 24.9 Å². The molecule has 2 aromatic carbocycles. The average molecular weight is 815 g/mol. The summed E-state index contributed by atoms with van der Waals surface area (Å²) in [6.07, 6.45) is 6.52. The SMILES string of the molecule is COC[C@H]1O[C@@H](n2cnc3c(NCC(c4ccccc4)c4ccccc4)nc(CN(C)C4CCCCC4)nc32)[C@H](O[Si](C)(C)C(C)(C)C)[C@@H]1O[Si](C)(C)C(C)(C)C. The molecule has 1 aliphatic carbocycles. The molecular formula is C45H70N6O4Si2. The second kappa shape index (κ2) is 17.7. The maximum absolute atomic E-state index is 7.42. The minimum absolute atomic E-state index is 0.00362. The third kappa shape index (κ3) is 9.91. The maximum atomic E-state index is 7.42. The zero-order valence-electron chi connectivity index (χ0n) is 36.8. The molecule has 4 atom stereocenters. The van der Waals surface area contributed by atoms with E-state index in [9.17, 15) is 0 Å². The van der Waals surface area contributed by atoms with Gasteiger partial charge in [0.15, 0.2) is 39.8 Å². The molecule has 0 spiro atoms. The van der Waals surface area contributed by atoms with Crippen molar-refractivity contribution in [2.24, 2.45) is 0 Å². The van der Waals surface area contributed by atoms with Gasteiger partial charge >= 0.3 is 0 Å². The fourth-order valence-corrected chi connectivity index (χ4v) is 10.3. The van der Waals surface area contributed by atoms with Crippen LogP contribution in [0.15, 0.2) is 67.0 Å². The van der Waals surface area contributed by atoms with Gasteiger partial charge in [0.1, 0.15) is 24.1 Å². The van der Waals surface area contributed by atoms with Crippen LogP contribution < -0.4 is 5.32 Å². The highest BCUT2D eigenvalue weighted by atomic mass is 28.4. The highest BCUT2D eigenvalue weighted by molar-refractivity contribution is 6.74. The minimum Gasteiger partial charge on any atom is -0.408 e. The lowest BCUT2D eigenvalue weighted by Crippen LogP contribution is -2.54. The summed E-state index contributed by atoms with van der Waals surface area (Å²) in [5.41, 5.74) is 3.93. The number of aromatic nitrogens is 4. The van der Waals surface area contributed by atoms with E-state index in [1.54, 1.807) is 7.11 Å². The van der Waals surface area contributed by atoms with Crippen molar-refractivity contribution in [1.82, 2.24) is 24.4 Å². The topological polar surface area (TPSA) is 95.8 Å². The summed E-state index contributed by atoms with van der Waals surface area (Å²) in [5, 5.41) is 3.76. The number of fused-ring (bicyclic) bond motifs is 1. The van der Waals surface area contributed by atoms with Gasteiger partial charge in [0.2, 0.25) is 0 Å². The van der Waals surface area contributed by atoms with Gasteiger partial charge in [0.05, 0.1) is 19.5 Å². The Morgan fingerprint density at radius 2 is 1.39 bits per heavy atom. The van der Waals surface area contributed by atoms with Crippen LogP contribution >= 0.6 is 0 Å². The molecule has 12 heteroatoms. The lowest BCUT2D eigenvalue weighted by atomic mass is 9.91. The first kappa shape index (κ1) is 43.6. The van der Waals surface area contributed by atoms with Crippen molar-refractivity contribution in [2.45, 2.75) is 153 Å². The Balaban J connectivity index is 1.45. The highest BCUT2D eigenvalue weighted by Gasteiger charge is 2.54. The summed E-state index contributed by atoms with van der Waals surface area (Å²) in [7, 11) is -0.650. The fourth-order valence-electron chi connectivity index (χ4n) is 7.75. The summed E-state index contributed by atoms with van der Waals surface area (Å²) in [4.78, 5) is 18.1. The van der Waals surface area contributed by atoms with E-state index in [2.05, 4.69) is 150 Å². The molecule has 10 nitrogen and oxygen atoms in total. The number of benzene rings is 2. The van der Waals surface area contributed by atoms with E-state index >= 15 is 0 Å². The second-order valence-electron chi connectivity index (χ2n) is 19.5. The molecule has 1 saturated carbocycles. The molecule has 0 bridgehead atoms. The third-order valence-corrected chi connectivity index (χ3v) is 22.2. The Morgan fingerprint density at radius 1 is 0.825 bits per heavy atom. The Hall–Kier alpha value is -2.98. The van der Waals surface area contributed by atoms with E-state index in [0.29, 0.717) is 31.3 Å². The van der Waals surface area contributed by atoms with Crippen molar-refractivity contribution in [1.29, 1.82) is 0 Å². The molecule has 2 aliphatic rings. The Morgan fingerprint density at radius 3 is 1.93 bits per heavy atom. The summed E-state index contributed by atoms with van der Waals surface area (Å²) < 4.78 is 29.7. The largest absolute Gasteiger partial charge is 0.408 e. The number of imidazole rings is 1. The number of anilines is 1. The van der Waals surface area contributed by atoms with E-state index in [0.717, 1.165) is 17.3 Å². The first-order valence-corrected chi connectivity index (χ1v) is 27.0. The van der Waals surface area contributed by atoms with Crippen molar-refractivity contribution < 1.29 is 18.3 Å². The van der Waals surface area contributed by atoms with Crippen LogP contribution in [0.3, 0.4) is 0 Å². The Kier molecular flexibility index (Phi) is 13.5. The smallest absolute Gasteiger partial charge is 0.192 e. The Bertz CT molecular complexity index is 1850. The van der Waals surface area contributed by atoms with E-state index in [-0.39, 0.29) is 28.2 Å². The molecule has 1 N–H and O–H groups in total. The number of hydrogen-bond donors (Lipinski definition) is 1. The van der Waals surface area contributed by atoms with Gasteiger partial charge in [-0.15, -0.1) is 0 Å². The molecule has 0 amide bonds.